The Kier molecular flexibility index (Phi) is 6.87. The number of hydrogen-bond acceptors (Lipinski definition) is 6. The molecular weight excluding hydrogens is 302 g/mol. The van der Waals surface area contributed by atoms with Crippen LogP contribution in [0.2, 0.25) is 4.47 Å². The summed E-state index contributed by atoms with van der Waals surface area (Å²) in [7, 11) is 1.30. The molecule has 6 nitrogen and oxygen atoms in total. The van der Waals surface area contributed by atoms with Crippen LogP contribution in [0.4, 0.5) is 0 Å². The van der Waals surface area contributed by atoms with Crippen LogP contribution in [0.5, 0.6) is 0 Å². The summed E-state index contributed by atoms with van der Waals surface area (Å²) in [6, 6.07) is 0. The van der Waals surface area contributed by atoms with Gasteiger partial charge in [-0.3, -0.25) is 9.59 Å². The predicted molar refractivity (Wildman–Crippen MR) is 76.9 cm³/mol. The normalized spacial score (nSPS) is 10.7. The number of carbonyl (C=O) groups excluding carboxylic acids is 2. The van der Waals surface area contributed by atoms with E-state index >= 15 is 0 Å². The third-order valence-electron chi connectivity index (χ3n) is 3.05. The van der Waals surface area contributed by atoms with Crippen LogP contribution in [0, 0.1) is 5.92 Å². The molecule has 1 aromatic heterocycles. The van der Waals surface area contributed by atoms with Gasteiger partial charge in [0.2, 0.25) is 9.47 Å². The summed E-state index contributed by atoms with van der Waals surface area (Å²) in [6.45, 7) is 4.49. The molecule has 0 aliphatic carbocycles. The Bertz CT molecular complexity index is 463. The maximum Gasteiger partial charge on any atom is 0.325 e. The quantitative estimate of drug-likeness (QED) is 0.721. The van der Waals surface area contributed by atoms with Crippen LogP contribution in [-0.4, -0.2) is 47.2 Å². The van der Waals surface area contributed by atoms with E-state index in [2.05, 4.69) is 28.8 Å². The molecule has 20 heavy (non-hydrogen) atoms. The van der Waals surface area contributed by atoms with E-state index in [0.29, 0.717) is 12.5 Å². The van der Waals surface area contributed by atoms with Gasteiger partial charge in [0.05, 0.1) is 7.11 Å². The van der Waals surface area contributed by atoms with E-state index in [1.807, 2.05) is 0 Å². The van der Waals surface area contributed by atoms with Gasteiger partial charge in [-0.2, -0.15) is 0 Å². The van der Waals surface area contributed by atoms with Gasteiger partial charge in [0.25, 0.3) is 5.91 Å². The van der Waals surface area contributed by atoms with Crippen LogP contribution >= 0.6 is 22.9 Å². The zero-order valence-corrected chi connectivity index (χ0v) is 13.3. The first kappa shape index (κ1) is 16.8. The molecule has 0 unspecified atom stereocenters. The van der Waals surface area contributed by atoms with Gasteiger partial charge in [0, 0.05) is 6.54 Å². The molecule has 0 spiro atoms. The van der Waals surface area contributed by atoms with Gasteiger partial charge in [-0.05, 0) is 17.5 Å². The Morgan fingerprint density at radius 2 is 2.00 bits per heavy atom. The SMILES string of the molecule is CCC(CC)CN(CC(=O)OC)C(=O)c1nnc(Cl)s1. The third-order valence-corrected chi connectivity index (χ3v) is 4.06. The van der Waals surface area contributed by atoms with E-state index in [4.69, 9.17) is 11.6 Å². The van der Waals surface area contributed by atoms with E-state index in [1.165, 1.54) is 12.0 Å². The predicted octanol–water partition coefficient (Wildman–Crippen LogP) is 2.24. The minimum atomic E-state index is -0.458. The molecule has 0 saturated heterocycles. The second-order valence-corrected chi connectivity index (χ2v) is 5.86. The summed E-state index contributed by atoms with van der Waals surface area (Å²) >= 11 is 6.69. The molecule has 0 bridgehead atoms. The summed E-state index contributed by atoms with van der Waals surface area (Å²) in [5.41, 5.74) is 0. The first-order chi connectivity index (χ1) is 9.51. The molecular formula is C12H18ClN3O3S. The summed E-state index contributed by atoms with van der Waals surface area (Å²) in [5.74, 6) is -0.474. The van der Waals surface area contributed by atoms with Crippen molar-refractivity contribution in [2.75, 3.05) is 20.2 Å². The van der Waals surface area contributed by atoms with E-state index in [1.54, 1.807) is 0 Å². The van der Waals surface area contributed by atoms with Gasteiger partial charge in [0.1, 0.15) is 6.54 Å². The number of nitrogens with zero attached hydrogens (tertiary/aromatic N) is 3. The number of carbonyl (C=O) groups is 2. The van der Waals surface area contributed by atoms with Crippen LogP contribution in [0.15, 0.2) is 0 Å². The summed E-state index contributed by atoms with van der Waals surface area (Å²) in [5, 5.41) is 7.52. The van der Waals surface area contributed by atoms with Crippen molar-refractivity contribution in [1.29, 1.82) is 0 Å². The van der Waals surface area contributed by atoms with Crippen molar-refractivity contribution in [3.63, 3.8) is 0 Å². The largest absolute Gasteiger partial charge is 0.468 e. The number of aromatic nitrogens is 2. The standard InChI is InChI=1S/C12H18ClN3O3S/c1-4-8(5-2)6-16(7-9(17)19-3)11(18)10-14-15-12(13)20-10/h8H,4-7H2,1-3H3. The highest BCUT2D eigenvalue weighted by molar-refractivity contribution is 7.17. The molecule has 0 aliphatic rings. The smallest absolute Gasteiger partial charge is 0.325 e. The van der Waals surface area contributed by atoms with Crippen LogP contribution in [0.1, 0.15) is 36.5 Å². The highest BCUT2D eigenvalue weighted by Gasteiger charge is 2.24. The first-order valence-corrected chi connectivity index (χ1v) is 7.56. The molecule has 112 valence electrons. The third kappa shape index (κ3) is 4.72. The average Bonchev–Trinajstić information content (AvgIpc) is 2.88. The van der Waals surface area contributed by atoms with Crippen LogP contribution in [-0.2, 0) is 9.53 Å². The molecule has 1 aromatic rings. The van der Waals surface area contributed by atoms with Crippen LogP contribution in [0.3, 0.4) is 0 Å². The van der Waals surface area contributed by atoms with Crippen molar-refractivity contribution in [3.05, 3.63) is 9.47 Å². The summed E-state index contributed by atoms with van der Waals surface area (Å²) in [4.78, 5) is 25.2. The van der Waals surface area contributed by atoms with Crippen molar-refractivity contribution in [3.8, 4) is 0 Å². The minimum absolute atomic E-state index is 0.0942. The van der Waals surface area contributed by atoms with Crippen LogP contribution < -0.4 is 0 Å². The minimum Gasteiger partial charge on any atom is -0.468 e. The molecule has 0 saturated carbocycles. The number of rotatable bonds is 7. The molecule has 1 heterocycles. The Labute approximate surface area is 127 Å². The number of hydrogen-bond donors (Lipinski definition) is 0. The molecule has 1 amide bonds. The van der Waals surface area contributed by atoms with Gasteiger partial charge in [-0.1, -0.05) is 38.0 Å². The molecule has 8 heteroatoms. The Hall–Kier alpha value is -1.21. The van der Waals surface area contributed by atoms with Gasteiger partial charge in [-0.25, -0.2) is 0 Å². The van der Waals surface area contributed by atoms with Crippen molar-refractivity contribution in [2.45, 2.75) is 26.7 Å². The van der Waals surface area contributed by atoms with E-state index in [-0.39, 0.29) is 21.9 Å². The summed E-state index contributed by atoms with van der Waals surface area (Å²) in [6.07, 6.45) is 1.86. The molecule has 0 atom stereocenters. The monoisotopic (exact) mass is 319 g/mol. The lowest BCUT2D eigenvalue weighted by atomic mass is 10.0. The zero-order chi connectivity index (χ0) is 15.1. The lowest BCUT2D eigenvalue weighted by Crippen LogP contribution is -2.39. The topological polar surface area (TPSA) is 72.4 Å². The number of halogens is 1. The molecule has 0 aromatic carbocycles. The second kappa shape index (κ2) is 8.16. The molecule has 0 aliphatic heterocycles. The van der Waals surface area contributed by atoms with Gasteiger partial charge < -0.3 is 9.64 Å². The fraction of sp³-hybridized carbons (Fsp3) is 0.667. The molecule has 0 fully saturated rings. The van der Waals surface area contributed by atoms with E-state index < -0.39 is 5.97 Å². The van der Waals surface area contributed by atoms with Gasteiger partial charge in [0.15, 0.2) is 0 Å². The number of esters is 1. The number of ether oxygens (including phenoxy) is 1. The number of methoxy groups -OCH3 is 1. The lowest BCUT2D eigenvalue weighted by molar-refractivity contribution is -0.141. The molecule has 0 radical (unpaired) electrons. The summed E-state index contributed by atoms with van der Waals surface area (Å²) < 4.78 is 4.83. The number of amides is 1. The van der Waals surface area contributed by atoms with E-state index in [9.17, 15) is 9.59 Å². The fourth-order valence-corrected chi connectivity index (χ4v) is 2.52. The molecule has 0 N–H and O–H groups in total. The van der Waals surface area contributed by atoms with Crippen molar-refractivity contribution >= 4 is 34.8 Å². The highest BCUT2D eigenvalue weighted by atomic mass is 35.5. The zero-order valence-electron chi connectivity index (χ0n) is 11.8. The van der Waals surface area contributed by atoms with Crippen molar-refractivity contribution in [1.82, 2.24) is 15.1 Å². The maximum absolute atomic E-state index is 12.3. The average molecular weight is 320 g/mol. The Morgan fingerprint density at radius 1 is 1.35 bits per heavy atom. The Morgan fingerprint density at radius 3 is 2.45 bits per heavy atom. The maximum atomic E-state index is 12.3. The van der Waals surface area contributed by atoms with Crippen molar-refractivity contribution in [2.24, 2.45) is 5.92 Å². The lowest BCUT2D eigenvalue weighted by Gasteiger charge is -2.24. The fourth-order valence-electron chi connectivity index (χ4n) is 1.73. The van der Waals surface area contributed by atoms with Gasteiger partial charge in [-0.15, -0.1) is 10.2 Å². The van der Waals surface area contributed by atoms with Gasteiger partial charge >= 0.3 is 5.97 Å². The first-order valence-electron chi connectivity index (χ1n) is 6.36. The van der Waals surface area contributed by atoms with Crippen molar-refractivity contribution < 1.29 is 14.3 Å². The highest BCUT2D eigenvalue weighted by Crippen LogP contribution is 2.18. The van der Waals surface area contributed by atoms with Crippen LogP contribution in [0.25, 0.3) is 0 Å². The van der Waals surface area contributed by atoms with E-state index in [0.717, 1.165) is 24.2 Å². The second-order valence-electron chi connectivity index (χ2n) is 4.30. The molecule has 1 rings (SSSR count). The Balaban J connectivity index is 2.85.